The molecule has 2 rings (SSSR count). The molecule has 3 N–H and O–H groups in total. The van der Waals surface area contributed by atoms with Crippen molar-refractivity contribution in [2.45, 2.75) is 20.8 Å². The van der Waals surface area contributed by atoms with Gasteiger partial charge in [-0.15, -0.1) is 0 Å². The van der Waals surface area contributed by atoms with Crippen LogP contribution in [0.5, 0.6) is 0 Å². The summed E-state index contributed by atoms with van der Waals surface area (Å²) in [4.78, 5) is 6.84. The first kappa shape index (κ1) is 14.3. The number of rotatable bonds is 5. The van der Waals surface area contributed by atoms with Gasteiger partial charge in [0.1, 0.15) is 5.82 Å². The molecule has 0 atom stereocenters. The van der Waals surface area contributed by atoms with Gasteiger partial charge in [0.15, 0.2) is 0 Å². The van der Waals surface area contributed by atoms with Crippen molar-refractivity contribution in [2.75, 3.05) is 23.4 Å². The number of nitrogens with two attached hydrogens (primary N) is 1. The summed E-state index contributed by atoms with van der Waals surface area (Å²) in [6.45, 7) is 8.25. The Morgan fingerprint density at radius 3 is 2.35 bits per heavy atom. The molecule has 2 aromatic rings. The van der Waals surface area contributed by atoms with E-state index in [4.69, 9.17) is 5.84 Å². The number of hydrogen-bond acceptors (Lipinski definition) is 4. The van der Waals surface area contributed by atoms with Gasteiger partial charge in [-0.05, 0) is 32.4 Å². The molecule has 0 spiro atoms. The summed E-state index contributed by atoms with van der Waals surface area (Å²) < 4.78 is 0. The third-order valence-electron chi connectivity index (χ3n) is 3.48. The Hall–Kier alpha value is -2.07. The van der Waals surface area contributed by atoms with E-state index in [0.29, 0.717) is 5.82 Å². The average molecular weight is 270 g/mol. The number of hydrogen-bond donors (Lipinski definition) is 2. The molecule has 0 radical (unpaired) electrons. The van der Waals surface area contributed by atoms with Crippen molar-refractivity contribution in [3.8, 4) is 11.1 Å². The van der Waals surface area contributed by atoms with E-state index in [1.54, 1.807) is 0 Å². The van der Waals surface area contributed by atoms with E-state index in [-0.39, 0.29) is 0 Å². The van der Waals surface area contributed by atoms with Gasteiger partial charge in [-0.3, -0.25) is 0 Å². The maximum atomic E-state index is 5.53. The number of aromatic nitrogens is 1. The first-order valence-corrected chi connectivity index (χ1v) is 6.99. The number of benzene rings is 1. The van der Waals surface area contributed by atoms with Gasteiger partial charge in [0.25, 0.3) is 0 Å². The van der Waals surface area contributed by atoms with E-state index < -0.39 is 0 Å². The van der Waals surface area contributed by atoms with E-state index in [1.165, 1.54) is 11.3 Å². The van der Waals surface area contributed by atoms with Crippen molar-refractivity contribution in [1.82, 2.24) is 4.98 Å². The first-order chi connectivity index (χ1) is 9.71. The van der Waals surface area contributed by atoms with E-state index in [0.717, 1.165) is 24.3 Å². The molecule has 0 aliphatic rings. The Morgan fingerprint density at radius 2 is 1.80 bits per heavy atom. The predicted octanol–water partition coefficient (Wildman–Crippen LogP) is 3.19. The molecule has 0 aliphatic carbocycles. The summed E-state index contributed by atoms with van der Waals surface area (Å²) >= 11 is 0. The van der Waals surface area contributed by atoms with Gasteiger partial charge in [-0.25, -0.2) is 10.8 Å². The first-order valence-electron chi connectivity index (χ1n) is 6.99. The highest BCUT2D eigenvalue weighted by Crippen LogP contribution is 2.34. The van der Waals surface area contributed by atoms with Crippen LogP contribution in [0, 0.1) is 6.92 Å². The largest absolute Gasteiger partial charge is 0.370 e. The Bertz CT molecular complexity index is 562. The Balaban J connectivity index is 2.65. The lowest BCUT2D eigenvalue weighted by Crippen LogP contribution is -2.24. The minimum Gasteiger partial charge on any atom is -0.370 e. The molecule has 0 saturated carbocycles. The van der Waals surface area contributed by atoms with Gasteiger partial charge >= 0.3 is 0 Å². The molecule has 0 aliphatic heterocycles. The molecule has 0 saturated heterocycles. The molecule has 4 nitrogen and oxygen atoms in total. The molecule has 1 aromatic heterocycles. The number of hydrazine groups is 1. The highest BCUT2D eigenvalue weighted by atomic mass is 15.3. The zero-order valence-electron chi connectivity index (χ0n) is 12.4. The molecular weight excluding hydrogens is 248 g/mol. The molecule has 20 heavy (non-hydrogen) atoms. The summed E-state index contributed by atoms with van der Waals surface area (Å²) in [5.41, 5.74) is 7.16. The second-order valence-electron chi connectivity index (χ2n) is 4.67. The number of aryl methyl sites for hydroxylation is 1. The number of pyridine rings is 1. The highest BCUT2D eigenvalue weighted by molar-refractivity contribution is 5.82. The standard InChI is InChI=1S/C16H22N4/c1-4-20(5-2)16-12(3)18-15(19-17)11-14(16)13-9-7-6-8-10-13/h6-11H,4-5,17H2,1-3H3,(H,18,19). The van der Waals surface area contributed by atoms with Crippen molar-refractivity contribution in [2.24, 2.45) is 5.84 Å². The Morgan fingerprint density at radius 1 is 1.15 bits per heavy atom. The van der Waals surface area contributed by atoms with Crippen molar-refractivity contribution in [1.29, 1.82) is 0 Å². The fourth-order valence-corrected chi connectivity index (χ4v) is 2.52. The quantitative estimate of drug-likeness (QED) is 0.647. The smallest absolute Gasteiger partial charge is 0.140 e. The van der Waals surface area contributed by atoms with Gasteiger partial charge in [-0.1, -0.05) is 30.3 Å². The molecule has 0 amide bonds. The summed E-state index contributed by atoms with van der Waals surface area (Å²) in [7, 11) is 0. The number of nitrogens with zero attached hydrogens (tertiary/aromatic N) is 2. The van der Waals surface area contributed by atoms with Crippen molar-refractivity contribution in [3.63, 3.8) is 0 Å². The van der Waals surface area contributed by atoms with Crippen molar-refractivity contribution < 1.29 is 0 Å². The molecule has 0 bridgehead atoms. The van der Waals surface area contributed by atoms with Gasteiger partial charge in [0, 0.05) is 18.7 Å². The Kier molecular flexibility index (Phi) is 4.58. The van der Waals surface area contributed by atoms with Crippen LogP contribution in [0.2, 0.25) is 0 Å². The zero-order valence-corrected chi connectivity index (χ0v) is 12.4. The highest BCUT2D eigenvalue weighted by Gasteiger charge is 2.15. The predicted molar refractivity (Wildman–Crippen MR) is 85.8 cm³/mol. The lowest BCUT2D eigenvalue weighted by Gasteiger charge is -2.26. The van der Waals surface area contributed by atoms with Crippen LogP contribution in [-0.2, 0) is 0 Å². The normalized spacial score (nSPS) is 10.4. The van der Waals surface area contributed by atoms with Gasteiger partial charge in [0.2, 0.25) is 0 Å². The van der Waals surface area contributed by atoms with Crippen LogP contribution in [0.1, 0.15) is 19.5 Å². The lowest BCUT2D eigenvalue weighted by molar-refractivity contribution is 0.856. The van der Waals surface area contributed by atoms with Crippen LogP contribution in [0.25, 0.3) is 11.1 Å². The summed E-state index contributed by atoms with van der Waals surface area (Å²) in [6, 6.07) is 12.4. The summed E-state index contributed by atoms with van der Waals surface area (Å²) in [5, 5.41) is 0. The topological polar surface area (TPSA) is 54.2 Å². The van der Waals surface area contributed by atoms with Gasteiger partial charge in [-0.2, -0.15) is 0 Å². The van der Waals surface area contributed by atoms with Crippen LogP contribution in [0.15, 0.2) is 36.4 Å². The molecule has 1 aromatic carbocycles. The third-order valence-corrected chi connectivity index (χ3v) is 3.48. The molecular formula is C16H22N4. The molecule has 0 fully saturated rings. The van der Waals surface area contributed by atoms with Crippen LogP contribution in [-0.4, -0.2) is 18.1 Å². The fraction of sp³-hybridized carbons (Fsp3) is 0.312. The summed E-state index contributed by atoms with van der Waals surface area (Å²) in [5.74, 6) is 6.22. The van der Waals surface area contributed by atoms with Crippen molar-refractivity contribution in [3.05, 3.63) is 42.1 Å². The van der Waals surface area contributed by atoms with Crippen LogP contribution in [0.3, 0.4) is 0 Å². The van der Waals surface area contributed by atoms with E-state index in [9.17, 15) is 0 Å². The number of anilines is 2. The van der Waals surface area contributed by atoms with Crippen molar-refractivity contribution >= 4 is 11.5 Å². The van der Waals surface area contributed by atoms with Crippen LogP contribution >= 0.6 is 0 Å². The number of nitrogens with one attached hydrogen (secondary N) is 1. The SMILES string of the molecule is CCN(CC)c1c(-c2ccccc2)cc(NN)nc1C. The molecule has 0 unspecified atom stereocenters. The van der Waals surface area contributed by atoms with E-state index in [1.807, 2.05) is 31.2 Å². The minimum atomic E-state index is 0.692. The van der Waals surface area contributed by atoms with Crippen LogP contribution < -0.4 is 16.2 Å². The number of nitrogen functional groups attached to an aromatic ring is 1. The minimum absolute atomic E-state index is 0.692. The zero-order chi connectivity index (χ0) is 14.5. The van der Waals surface area contributed by atoms with Gasteiger partial charge in [0.05, 0.1) is 11.4 Å². The van der Waals surface area contributed by atoms with Crippen LogP contribution in [0.4, 0.5) is 11.5 Å². The maximum Gasteiger partial charge on any atom is 0.140 e. The van der Waals surface area contributed by atoms with Gasteiger partial charge < -0.3 is 10.3 Å². The summed E-state index contributed by atoms with van der Waals surface area (Å²) in [6.07, 6.45) is 0. The molecule has 106 valence electrons. The Labute approximate surface area is 120 Å². The third kappa shape index (κ3) is 2.75. The molecule has 4 heteroatoms. The molecule has 1 heterocycles. The monoisotopic (exact) mass is 270 g/mol. The maximum absolute atomic E-state index is 5.53. The second-order valence-corrected chi connectivity index (χ2v) is 4.67. The fourth-order valence-electron chi connectivity index (χ4n) is 2.52. The van der Waals surface area contributed by atoms with E-state index >= 15 is 0 Å². The lowest BCUT2D eigenvalue weighted by atomic mass is 10.0. The second kappa shape index (κ2) is 6.39. The van der Waals surface area contributed by atoms with E-state index in [2.05, 4.69) is 41.3 Å². The average Bonchev–Trinajstić information content (AvgIpc) is 2.50.